The van der Waals surface area contributed by atoms with Crippen molar-refractivity contribution < 1.29 is 4.39 Å². The fourth-order valence-corrected chi connectivity index (χ4v) is 2.80. The smallest absolute Gasteiger partial charge is 0.129 e. The average Bonchev–Trinajstić information content (AvgIpc) is 2.79. The SMILES string of the molecule is CCc1nn(Cc2ccc(Cl)cc2F)c(CC)c1CCN. The number of rotatable bonds is 6. The van der Waals surface area contributed by atoms with Crippen molar-refractivity contribution in [1.29, 1.82) is 0 Å². The lowest BCUT2D eigenvalue weighted by atomic mass is 10.1. The van der Waals surface area contributed by atoms with Crippen molar-refractivity contribution in [1.82, 2.24) is 9.78 Å². The Kier molecular flexibility index (Phi) is 5.37. The van der Waals surface area contributed by atoms with Gasteiger partial charge >= 0.3 is 0 Å². The molecule has 114 valence electrons. The summed E-state index contributed by atoms with van der Waals surface area (Å²) in [6.07, 6.45) is 2.53. The fraction of sp³-hybridized carbons (Fsp3) is 0.438. The highest BCUT2D eigenvalue weighted by molar-refractivity contribution is 6.30. The lowest BCUT2D eigenvalue weighted by Gasteiger charge is -2.09. The van der Waals surface area contributed by atoms with Crippen LogP contribution in [-0.2, 0) is 25.8 Å². The highest BCUT2D eigenvalue weighted by atomic mass is 35.5. The number of hydrogen-bond donors (Lipinski definition) is 1. The molecule has 0 fully saturated rings. The highest BCUT2D eigenvalue weighted by Gasteiger charge is 2.16. The topological polar surface area (TPSA) is 43.8 Å². The van der Waals surface area contributed by atoms with E-state index in [1.165, 1.54) is 11.6 Å². The zero-order chi connectivity index (χ0) is 15.4. The average molecular weight is 310 g/mol. The molecule has 1 aromatic carbocycles. The first-order valence-electron chi connectivity index (χ1n) is 7.32. The summed E-state index contributed by atoms with van der Waals surface area (Å²) < 4.78 is 15.9. The van der Waals surface area contributed by atoms with Gasteiger partial charge in [-0.05, 0) is 43.5 Å². The number of nitrogens with zero attached hydrogens (tertiary/aromatic N) is 2. The Bertz CT molecular complexity index is 622. The summed E-state index contributed by atoms with van der Waals surface area (Å²) in [5, 5.41) is 5.05. The van der Waals surface area contributed by atoms with Crippen molar-refractivity contribution in [3.05, 3.63) is 51.6 Å². The number of aryl methyl sites for hydroxylation is 1. The third-order valence-electron chi connectivity index (χ3n) is 3.65. The Hall–Kier alpha value is -1.39. The third-order valence-corrected chi connectivity index (χ3v) is 3.88. The maximum atomic E-state index is 14.0. The van der Waals surface area contributed by atoms with E-state index in [0.717, 1.165) is 30.7 Å². The van der Waals surface area contributed by atoms with E-state index in [-0.39, 0.29) is 5.82 Å². The van der Waals surface area contributed by atoms with Gasteiger partial charge in [-0.15, -0.1) is 0 Å². The van der Waals surface area contributed by atoms with Gasteiger partial charge in [-0.1, -0.05) is 31.5 Å². The van der Waals surface area contributed by atoms with Gasteiger partial charge in [0.2, 0.25) is 0 Å². The van der Waals surface area contributed by atoms with Crippen LogP contribution in [0.3, 0.4) is 0 Å². The van der Waals surface area contributed by atoms with Crippen molar-refractivity contribution >= 4 is 11.6 Å². The molecular weight excluding hydrogens is 289 g/mol. The predicted molar refractivity (Wildman–Crippen MR) is 84.3 cm³/mol. The Balaban J connectivity index is 2.39. The molecule has 1 heterocycles. The molecule has 2 N–H and O–H groups in total. The van der Waals surface area contributed by atoms with Gasteiger partial charge in [0.05, 0.1) is 12.2 Å². The molecule has 1 aromatic heterocycles. The number of halogens is 2. The number of benzene rings is 1. The van der Waals surface area contributed by atoms with Crippen LogP contribution >= 0.6 is 11.6 Å². The van der Waals surface area contributed by atoms with Gasteiger partial charge in [0.1, 0.15) is 5.82 Å². The van der Waals surface area contributed by atoms with Crippen LogP contribution in [-0.4, -0.2) is 16.3 Å². The second-order valence-electron chi connectivity index (χ2n) is 5.01. The zero-order valence-corrected chi connectivity index (χ0v) is 13.3. The minimum atomic E-state index is -0.293. The maximum Gasteiger partial charge on any atom is 0.129 e. The molecule has 21 heavy (non-hydrogen) atoms. The minimum Gasteiger partial charge on any atom is -0.330 e. The van der Waals surface area contributed by atoms with Crippen LogP contribution in [0.25, 0.3) is 0 Å². The first-order valence-corrected chi connectivity index (χ1v) is 7.69. The molecule has 0 radical (unpaired) electrons. The van der Waals surface area contributed by atoms with E-state index < -0.39 is 0 Å². The standard InChI is InChI=1S/C16H21ClFN3/c1-3-15-13(7-8-19)16(4-2)21(20-15)10-11-5-6-12(17)9-14(11)18/h5-6,9H,3-4,7-8,10,19H2,1-2H3. The molecule has 0 aliphatic rings. The van der Waals surface area contributed by atoms with Crippen molar-refractivity contribution in [3.63, 3.8) is 0 Å². The van der Waals surface area contributed by atoms with Crippen molar-refractivity contribution in [2.24, 2.45) is 5.73 Å². The van der Waals surface area contributed by atoms with Gasteiger partial charge in [-0.2, -0.15) is 5.10 Å². The second-order valence-corrected chi connectivity index (χ2v) is 5.45. The molecular formula is C16H21ClFN3. The molecule has 2 aromatic rings. The van der Waals surface area contributed by atoms with Gasteiger partial charge in [0.25, 0.3) is 0 Å². The largest absolute Gasteiger partial charge is 0.330 e. The summed E-state index contributed by atoms with van der Waals surface area (Å²) in [6, 6.07) is 4.76. The van der Waals surface area contributed by atoms with Crippen LogP contribution in [0.2, 0.25) is 5.02 Å². The number of nitrogens with two attached hydrogens (primary N) is 1. The number of aromatic nitrogens is 2. The molecule has 0 unspecified atom stereocenters. The summed E-state index contributed by atoms with van der Waals surface area (Å²) in [7, 11) is 0. The Morgan fingerprint density at radius 2 is 2.05 bits per heavy atom. The second kappa shape index (κ2) is 7.05. The van der Waals surface area contributed by atoms with Gasteiger partial charge in [-0.25, -0.2) is 4.39 Å². The summed E-state index contributed by atoms with van der Waals surface area (Å²) in [5.41, 5.74) is 9.72. The summed E-state index contributed by atoms with van der Waals surface area (Å²) >= 11 is 5.80. The van der Waals surface area contributed by atoms with Crippen LogP contribution in [0, 0.1) is 5.82 Å². The van der Waals surface area contributed by atoms with Gasteiger partial charge in [0.15, 0.2) is 0 Å². The molecule has 0 saturated heterocycles. The Labute approximate surface area is 129 Å². The van der Waals surface area contributed by atoms with Crippen molar-refractivity contribution in [2.75, 3.05) is 6.54 Å². The van der Waals surface area contributed by atoms with Crippen LogP contribution < -0.4 is 5.73 Å². The number of hydrogen-bond acceptors (Lipinski definition) is 2. The maximum absolute atomic E-state index is 14.0. The molecule has 5 heteroatoms. The molecule has 0 aliphatic carbocycles. The molecule has 0 aliphatic heterocycles. The van der Waals surface area contributed by atoms with Crippen LogP contribution in [0.15, 0.2) is 18.2 Å². The monoisotopic (exact) mass is 309 g/mol. The van der Waals surface area contributed by atoms with E-state index in [1.54, 1.807) is 12.1 Å². The lowest BCUT2D eigenvalue weighted by Crippen LogP contribution is -2.09. The van der Waals surface area contributed by atoms with E-state index in [9.17, 15) is 4.39 Å². The fourth-order valence-electron chi connectivity index (χ4n) is 2.64. The van der Waals surface area contributed by atoms with Gasteiger partial charge in [0, 0.05) is 16.3 Å². The summed E-state index contributed by atoms with van der Waals surface area (Å²) in [6.45, 7) is 5.19. The lowest BCUT2D eigenvalue weighted by molar-refractivity contribution is 0.573. The molecule has 0 spiro atoms. The molecule has 0 bridgehead atoms. The van der Waals surface area contributed by atoms with Crippen LogP contribution in [0.5, 0.6) is 0 Å². The molecule has 0 amide bonds. The minimum absolute atomic E-state index is 0.293. The van der Waals surface area contributed by atoms with Crippen molar-refractivity contribution in [2.45, 2.75) is 39.7 Å². The zero-order valence-electron chi connectivity index (χ0n) is 12.5. The normalized spacial score (nSPS) is 11.1. The van der Waals surface area contributed by atoms with Crippen LogP contribution in [0.1, 0.15) is 36.4 Å². The molecule has 3 nitrogen and oxygen atoms in total. The molecule has 0 saturated carbocycles. The molecule has 2 rings (SSSR count). The Morgan fingerprint density at radius 3 is 2.62 bits per heavy atom. The van der Waals surface area contributed by atoms with Crippen LogP contribution in [0.4, 0.5) is 4.39 Å². The highest BCUT2D eigenvalue weighted by Crippen LogP contribution is 2.20. The van der Waals surface area contributed by atoms with E-state index in [4.69, 9.17) is 17.3 Å². The quantitative estimate of drug-likeness (QED) is 0.889. The summed E-state index contributed by atoms with van der Waals surface area (Å²) in [4.78, 5) is 0. The first kappa shape index (κ1) is 16.0. The third kappa shape index (κ3) is 3.44. The van der Waals surface area contributed by atoms with E-state index in [0.29, 0.717) is 23.7 Å². The Morgan fingerprint density at radius 1 is 1.29 bits per heavy atom. The van der Waals surface area contributed by atoms with E-state index >= 15 is 0 Å². The van der Waals surface area contributed by atoms with Crippen molar-refractivity contribution in [3.8, 4) is 0 Å². The van der Waals surface area contributed by atoms with E-state index in [1.807, 2.05) is 4.68 Å². The van der Waals surface area contributed by atoms with Gasteiger partial charge < -0.3 is 5.73 Å². The van der Waals surface area contributed by atoms with E-state index in [2.05, 4.69) is 18.9 Å². The predicted octanol–water partition coefficient (Wildman–Crippen LogP) is 3.35. The summed E-state index contributed by atoms with van der Waals surface area (Å²) in [5.74, 6) is -0.293. The first-order chi connectivity index (χ1) is 10.1. The van der Waals surface area contributed by atoms with Gasteiger partial charge in [-0.3, -0.25) is 4.68 Å². The molecule has 0 atom stereocenters.